The summed E-state index contributed by atoms with van der Waals surface area (Å²) in [4.78, 5) is 23.2. The van der Waals surface area contributed by atoms with E-state index in [4.69, 9.17) is 9.84 Å². The van der Waals surface area contributed by atoms with Crippen molar-refractivity contribution in [3.05, 3.63) is 39.9 Å². The molecule has 0 amide bonds. The van der Waals surface area contributed by atoms with Crippen LogP contribution in [-0.4, -0.2) is 22.2 Å². The van der Waals surface area contributed by atoms with Crippen LogP contribution in [0.15, 0.2) is 23.1 Å². The molecular weight excluding hydrogens is 265 g/mol. The Morgan fingerprint density at radius 3 is 2.65 bits per heavy atom. The molecule has 0 aliphatic rings. The number of aryl methyl sites for hydroxylation is 1. The van der Waals surface area contributed by atoms with Crippen LogP contribution in [0.5, 0.6) is 5.75 Å². The highest BCUT2D eigenvalue weighted by Crippen LogP contribution is 2.23. The van der Waals surface area contributed by atoms with Gasteiger partial charge in [0.1, 0.15) is 5.56 Å². The Hall–Kier alpha value is -2.37. The van der Waals surface area contributed by atoms with Gasteiger partial charge < -0.3 is 14.4 Å². The van der Waals surface area contributed by atoms with Gasteiger partial charge >= 0.3 is 5.97 Å². The number of hydrogen-bond acceptors (Lipinski definition) is 3. The lowest BCUT2D eigenvalue weighted by Crippen LogP contribution is -2.19. The summed E-state index contributed by atoms with van der Waals surface area (Å²) < 4.78 is 20.5. The molecule has 1 N–H and O–H groups in total. The fraction of sp³-hybridized carbons (Fsp3) is 0.286. The number of nitrogens with zero attached hydrogens (tertiary/aromatic N) is 1. The van der Waals surface area contributed by atoms with Crippen LogP contribution in [0.2, 0.25) is 0 Å². The molecule has 5 nitrogen and oxygen atoms in total. The van der Waals surface area contributed by atoms with Gasteiger partial charge in [-0.2, -0.15) is 0 Å². The van der Waals surface area contributed by atoms with Gasteiger partial charge in [0.25, 0.3) is 0 Å². The van der Waals surface area contributed by atoms with E-state index in [1.165, 1.54) is 22.9 Å². The summed E-state index contributed by atoms with van der Waals surface area (Å²) >= 11 is 0. The Kier molecular flexibility index (Phi) is 3.74. The van der Waals surface area contributed by atoms with E-state index in [9.17, 15) is 14.0 Å². The van der Waals surface area contributed by atoms with Crippen molar-refractivity contribution >= 4 is 16.9 Å². The molecule has 0 bridgehead atoms. The molecule has 2 rings (SSSR count). The fourth-order valence-electron chi connectivity index (χ4n) is 2.07. The molecule has 0 atom stereocenters. The summed E-state index contributed by atoms with van der Waals surface area (Å²) in [5.41, 5.74) is -0.630. The standard InChI is InChI=1S/C14H14FNO4/c1-3-16-7-9(14(18)19)13(17)8-5-12(20-4-2)10(15)6-11(8)16/h5-7H,3-4H2,1-2H3,(H,18,19). The monoisotopic (exact) mass is 279 g/mol. The van der Waals surface area contributed by atoms with Crippen molar-refractivity contribution < 1.29 is 19.0 Å². The van der Waals surface area contributed by atoms with E-state index in [1.54, 1.807) is 13.8 Å². The molecular formula is C14H14FNO4. The van der Waals surface area contributed by atoms with Gasteiger partial charge in [-0.3, -0.25) is 4.79 Å². The first-order chi connectivity index (χ1) is 9.49. The molecule has 0 saturated heterocycles. The third-order valence-electron chi connectivity index (χ3n) is 3.00. The summed E-state index contributed by atoms with van der Waals surface area (Å²) in [7, 11) is 0. The van der Waals surface area contributed by atoms with Gasteiger partial charge in [-0.05, 0) is 19.9 Å². The summed E-state index contributed by atoms with van der Waals surface area (Å²) in [6.07, 6.45) is 1.23. The predicted octanol–water partition coefficient (Wildman–Crippen LogP) is 2.26. The second-order valence-corrected chi connectivity index (χ2v) is 4.20. The van der Waals surface area contributed by atoms with Crippen LogP contribution in [0.4, 0.5) is 4.39 Å². The maximum Gasteiger partial charge on any atom is 0.341 e. The number of halogens is 1. The number of benzene rings is 1. The van der Waals surface area contributed by atoms with Gasteiger partial charge in [0.05, 0.1) is 17.5 Å². The fourth-order valence-corrected chi connectivity index (χ4v) is 2.07. The minimum atomic E-state index is -1.30. The Balaban J connectivity index is 2.87. The second-order valence-electron chi connectivity index (χ2n) is 4.20. The Bertz CT molecular complexity index is 736. The van der Waals surface area contributed by atoms with E-state index in [0.29, 0.717) is 12.1 Å². The van der Waals surface area contributed by atoms with Crippen molar-refractivity contribution in [2.24, 2.45) is 0 Å². The molecule has 1 aromatic carbocycles. The Morgan fingerprint density at radius 1 is 1.40 bits per heavy atom. The van der Waals surface area contributed by atoms with Gasteiger partial charge in [-0.25, -0.2) is 9.18 Å². The number of aromatic nitrogens is 1. The van der Waals surface area contributed by atoms with Gasteiger partial charge in [0.15, 0.2) is 11.6 Å². The minimum absolute atomic E-state index is 0.0534. The first-order valence-corrected chi connectivity index (χ1v) is 6.22. The van der Waals surface area contributed by atoms with Gasteiger partial charge in [-0.15, -0.1) is 0 Å². The van der Waals surface area contributed by atoms with Gasteiger partial charge in [-0.1, -0.05) is 0 Å². The number of ether oxygens (including phenoxy) is 1. The van der Waals surface area contributed by atoms with Crippen molar-refractivity contribution in [2.45, 2.75) is 20.4 Å². The van der Waals surface area contributed by atoms with Crippen molar-refractivity contribution in [1.29, 1.82) is 0 Å². The largest absolute Gasteiger partial charge is 0.491 e. The van der Waals surface area contributed by atoms with E-state index >= 15 is 0 Å². The average Bonchev–Trinajstić information content (AvgIpc) is 2.41. The van der Waals surface area contributed by atoms with Gasteiger partial charge in [0.2, 0.25) is 5.43 Å². The number of fused-ring (bicyclic) bond motifs is 1. The van der Waals surface area contributed by atoms with Crippen LogP contribution in [0.3, 0.4) is 0 Å². The predicted molar refractivity (Wildman–Crippen MR) is 72.0 cm³/mol. The van der Waals surface area contributed by atoms with Crippen LogP contribution in [-0.2, 0) is 6.54 Å². The summed E-state index contributed by atoms with van der Waals surface area (Å²) in [6.45, 7) is 4.15. The van der Waals surface area contributed by atoms with Crippen LogP contribution >= 0.6 is 0 Å². The molecule has 1 heterocycles. The quantitative estimate of drug-likeness (QED) is 0.932. The normalized spacial score (nSPS) is 10.8. The highest BCUT2D eigenvalue weighted by atomic mass is 19.1. The SMILES string of the molecule is CCOc1cc2c(=O)c(C(=O)O)cn(CC)c2cc1F. The van der Waals surface area contributed by atoms with E-state index in [0.717, 1.165) is 0 Å². The lowest BCUT2D eigenvalue weighted by atomic mass is 10.1. The Labute approximate surface area is 114 Å². The van der Waals surface area contributed by atoms with Crippen LogP contribution in [0.25, 0.3) is 10.9 Å². The number of rotatable bonds is 4. The first kappa shape index (κ1) is 14.0. The number of carbonyl (C=O) groups is 1. The van der Waals surface area contributed by atoms with E-state index in [1.807, 2.05) is 0 Å². The maximum atomic E-state index is 13.9. The van der Waals surface area contributed by atoms with Crippen LogP contribution in [0, 0.1) is 5.82 Å². The molecule has 6 heteroatoms. The van der Waals surface area contributed by atoms with E-state index in [-0.39, 0.29) is 23.3 Å². The van der Waals surface area contributed by atoms with Crippen LogP contribution in [0.1, 0.15) is 24.2 Å². The summed E-state index contributed by atoms with van der Waals surface area (Å²) in [5.74, 6) is -1.94. The van der Waals surface area contributed by atoms with Crippen molar-refractivity contribution in [1.82, 2.24) is 4.57 Å². The zero-order valence-corrected chi connectivity index (χ0v) is 11.1. The molecule has 2 aromatic rings. The molecule has 0 spiro atoms. The average molecular weight is 279 g/mol. The molecule has 20 heavy (non-hydrogen) atoms. The molecule has 0 fully saturated rings. The van der Waals surface area contributed by atoms with Crippen molar-refractivity contribution in [2.75, 3.05) is 6.61 Å². The third-order valence-corrected chi connectivity index (χ3v) is 3.00. The van der Waals surface area contributed by atoms with Crippen molar-refractivity contribution in [3.8, 4) is 5.75 Å². The summed E-state index contributed by atoms with van der Waals surface area (Å²) in [6, 6.07) is 2.45. The molecule has 0 unspecified atom stereocenters. The number of carboxylic acid groups (broad SMARTS) is 1. The first-order valence-electron chi connectivity index (χ1n) is 6.22. The zero-order chi connectivity index (χ0) is 14.9. The topological polar surface area (TPSA) is 68.5 Å². The van der Waals surface area contributed by atoms with Crippen LogP contribution < -0.4 is 10.2 Å². The molecule has 0 aliphatic carbocycles. The number of pyridine rings is 1. The van der Waals surface area contributed by atoms with Crippen molar-refractivity contribution in [3.63, 3.8) is 0 Å². The molecule has 0 radical (unpaired) electrons. The second kappa shape index (κ2) is 5.32. The van der Waals surface area contributed by atoms with E-state index < -0.39 is 17.2 Å². The molecule has 0 aliphatic heterocycles. The smallest absolute Gasteiger partial charge is 0.341 e. The highest BCUT2D eigenvalue weighted by molar-refractivity contribution is 5.93. The number of carboxylic acids is 1. The zero-order valence-electron chi connectivity index (χ0n) is 11.1. The number of hydrogen-bond donors (Lipinski definition) is 1. The maximum absolute atomic E-state index is 13.9. The summed E-state index contributed by atoms with van der Waals surface area (Å²) in [5, 5.41) is 9.19. The van der Waals surface area contributed by atoms with Gasteiger partial charge in [0, 0.05) is 18.8 Å². The minimum Gasteiger partial charge on any atom is -0.491 e. The highest BCUT2D eigenvalue weighted by Gasteiger charge is 2.16. The Morgan fingerprint density at radius 2 is 2.10 bits per heavy atom. The molecule has 106 valence electrons. The third kappa shape index (κ3) is 2.24. The molecule has 0 saturated carbocycles. The lowest BCUT2D eigenvalue weighted by molar-refractivity contribution is 0.0695. The number of aromatic carboxylic acids is 1. The van der Waals surface area contributed by atoms with E-state index in [2.05, 4.69) is 0 Å². The lowest BCUT2D eigenvalue weighted by Gasteiger charge is -2.12. The molecule has 1 aromatic heterocycles.